The van der Waals surface area contributed by atoms with E-state index < -0.39 is 0 Å². The van der Waals surface area contributed by atoms with Crippen molar-refractivity contribution >= 4 is 34.4 Å². The van der Waals surface area contributed by atoms with E-state index in [1.807, 2.05) is 13.0 Å². The number of carbonyl (C=O) groups is 2. The quantitative estimate of drug-likeness (QED) is 0.650. The molecule has 146 valence electrons. The molecule has 1 aromatic heterocycles. The van der Waals surface area contributed by atoms with E-state index in [1.54, 1.807) is 54.8 Å². The highest BCUT2D eigenvalue weighted by atomic mass is 35.5. The van der Waals surface area contributed by atoms with Crippen LogP contribution in [-0.4, -0.2) is 27.7 Å². The third-order valence-corrected chi connectivity index (χ3v) is 4.82. The molecule has 0 saturated carbocycles. The van der Waals surface area contributed by atoms with Crippen LogP contribution in [-0.2, 0) is 22.6 Å². The Morgan fingerprint density at radius 1 is 1.14 bits per heavy atom. The van der Waals surface area contributed by atoms with Gasteiger partial charge in [0.1, 0.15) is 0 Å². The van der Waals surface area contributed by atoms with Gasteiger partial charge in [-0.2, -0.15) is 0 Å². The Bertz CT molecular complexity index is 1030. The summed E-state index contributed by atoms with van der Waals surface area (Å²) in [5, 5.41) is 10.8. The van der Waals surface area contributed by atoms with Crippen molar-refractivity contribution in [3.63, 3.8) is 0 Å². The summed E-state index contributed by atoms with van der Waals surface area (Å²) < 4.78 is 6.88. The maximum atomic E-state index is 13.2. The lowest BCUT2D eigenvalue weighted by atomic mass is 10.1. The van der Waals surface area contributed by atoms with Gasteiger partial charge in [0.25, 0.3) is 5.91 Å². The number of halogens is 1. The largest absolute Gasteiger partial charge is 0.463 e. The second kappa shape index (κ2) is 8.17. The molecule has 0 atom stereocenters. The number of aromatic nitrogens is 1. The zero-order chi connectivity index (χ0) is 20.4. The third kappa shape index (κ3) is 3.96. The van der Waals surface area contributed by atoms with Gasteiger partial charge in [-0.15, -0.1) is 0 Å². The van der Waals surface area contributed by atoms with Crippen molar-refractivity contribution in [3.05, 3.63) is 69.9 Å². The lowest BCUT2D eigenvalue weighted by molar-refractivity contribution is -0.146. The molecule has 0 unspecified atom stereocenters. The topological polar surface area (TPSA) is 68.5 Å². The smallest absolute Gasteiger partial charge is 0.310 e. The number of aliphatic hydroxyl groups is 1. The summed E-state index contributed by atoms with van der Waals surface area (Å²) in [6.07, 6.45) is -0.166. The van der Waals surface area contributed by atoms with Crippen LogP contribution in [0.3, 0.4) is 0 Å². The van der Waals surface area contributed by atoms with E-state index in [-0.39, 0.29) is 31.0 Å². The molecule has 0 aliphatic rings. The van der Waals surface area contributed by atoms with Gasteiger partial charge >= 0.3 is 5.97 Å². The van der Waals surface area contributed by atoms with Crippen molar-refractivity contribution < 1.29 is 19.4 Å². The van der Waals surface area contributed by atoms with E-state index >= 15 is 0 Å². The van der Waals surface area contributed by atoms with Crippen LogP contribution in [0, 0.1) is 6.92 Å². The number of hydrogen-bond donors (Lipinski definition) is 1. The molecule has 0 amide bonds. The molecule has 28 heavy (non-hydrogen) atoms. The maximum absolute atomic E-state index is 13.2. The van der Waals surface area contributed by atoms with E-state index in [2.05, 4.69) is 0 Å². The Hall–Kier alpha value is -2.63. The second-order valence-electron chi connectivity index (χ2n) is 6.94. The van der Waals surface area contributed by atoms with Gasteiger partial charge < -0.3 is 9.84 Å². The fourth-order valence-electron chi connectivity index (χ4n) is 3.28. The molecule has 1 N–H and O–H groups in total. The van der Waals surface area contributed by atoms with Gasteiger partial charge in [-0.1, -0.05) is 17.7 Å². The van der Waals surface area contributed by atoms with E-state index in [1.165, 1.54) is 0 Å². The molecule has 6 heteroatoms. The Labute approximate surface area is 168 Å². The molecule has 0 spiro atoms. The Balaban J connectivity index is 2.14. The van der Waals surface area contributed by atoms with Crippen LogP contribution in [0.1, 0.15) is 41.0 Å². The first-order valence-corrected chi connectivity index (χ1v) is 9.43. The summed E-state index contributed by atoms with van der Waals surface area (Å²) in [4.78, 5) is 25.5. The summed E-state index contributed by atoms with van der Waals surface area (Å²) in [7, 11) is 0. The number of rotatable bonds is 5. The van der Waals surface area contributed by atoms with Gasteiger partial charge in [0.05, 0.1) is 24.6 Å². The van der Waals surface area contributed by atoms with Crippen LogP contribution in [0.15, 0.2) is 42.5 Å². The molecule has 5 nitrogen and oxygen atoms in total. The highest BCUT2D eigenvalue weighted by Crippen LogP contribution is 2.29. The number of nitrogens with zero attached hydrogens (tertiary/aromatic N) is 1. The normalized spacial score (nSPS) is 11.2. The third-order valence-electron chi connectivity index (χ3n) is 4.56. The Kier molecular flexibility index (Phi) is 5.87. The zero-order valence-electron chi connectivity index (χ0n) is 16.0. The Morgan fingerprint density at radius 2 is 1.82 bits per heavy atom. The summed E-state index contributed by atoms with van der Waals surface area (Å²) in [6, 6.07) is 12.0. The highest BCUT2D eigenvalue weighted by Gasteiger charge is 2.22. The summed E-state index contributed by atoms with van der Waals surface area (Å²) in [5.41, 5.74) is 3.28. The average Bonchev–Trinajstić information content (AvgIpc) is 2.92. The SMILES string of the molecule is Cc1c(CC(=O)OC(C)C)c2cc(CO)ccc2n1C(=O)c1ccc(Cl)cc1. The van der Waals surface area contributed by atoms with Crippen molar-refractivity contribution in [2.24, 2.45) is 0 Å². The fourth-order valence-corrected chi connectivity index (χ4v) is 3.41. The standard InChI is InChI=1S/C22H22ClNO4/c1-13(2)28-21(26)11-18-14(3)24(20-9-4-15(12-25)10-19(18)20)22(27)16-5-7-17(23)8-6-16/h4-10,13,25H,11-12H2,1-3H3. The highest BCUT2D eigenvalue weighted by molar-refractivity contribution is 6.30. The van der Waals surface area contributed by atoms with Crippen molar-refractivity contribution in [1.29, 1.82) is 0 Å². The number of benzene rings is 2. The van der Waals surface area contributed by atoms with Gasteiger partial charge in [0, 0.05) is 21.7 Å². The molecule has 2 aromatic carbocycles. The number of fused-ring (bicyclic) bond motifs is 1. The molecule has 0 radical (unpaired) electrons. The van der Waals surface area contributed by atoms with E-state index in [0.29, 0.717) is 27.4 Å². The predicted octanol–water partition coefficient (Wildman–Crippen LogP) is 4.28. The summed E-state index contributed by atoms with van der Waals surface area (Å²) in [6.45, 7) is 5.27. The molecule has 0 saturated heterocycles. The maximum Gasteiger partial charge on any atom is 0.310 e. The lowest BCUT2D eigenvalue weighted by Gasteiger charge is -2.09. The minimum atomic E-state index is -0.356. The second-order valence-corrected chi connectivity index (χ2v) is 7.37. The monoisotopic (exact) mass is 399 g/mol. The molecule has 3 aromatic rings. The molecule has 1 heterocycles. The minimum absolute atomic E-state index is 0.0519. The number of esters is 1. The van der Waals surface area contributed by atoms with Gasteiger partial charge in [0.15, 0.2) is 0 Å². The molecule has 3 rings (SSSR count). The number of hydrogen-bond acceptors (Lipinski definition) is 4. The van der Waals surface area contributed by atoms with Gasteiger partial charge in [-0.25, -0.2) is 0 Å². The minimum Gasteiger partial charge on any atom is -0.463 e. The number of carbonyl (C=O) groups excluding carboxylic acids is 2. The summed E-state index contributed by atoms with van der Waals surface area (Å²) >= 11 is 5.93. The van der Waals surface area contributed by atoms with E-state index in [4.69, 9.17) is 16.3 Å². The van der Waals surface area contributed by atoms with Crippen LogP contribution in [0.4, 0.5) is 0 Å². The van der Waals surface area contributed by atoms with Gasteiger partial charge in [-0.3, -0.25) is 14.2 Å². The van der Waals surface area contributed by atoms with Crippen molar-refractivity contribution in [3.8, 4) is 0 Å². The van der Waals surface area contributed by atoms with Gasteiger partial charge in [-0.05, 0) is 68.3 Å². The van der Waals surface area contributed by atoms with Crippen LogP contribution in [0.25, 0.3) is 10.9 Å². The predicted molar refractivity (Wildman–Crippen MR) is 109 cm³/mol. The Morgan fingerprint density at radius 3 is 2.43 bits per heavy atom. The fraction of sp³-hybridized carbons (Fsp3) is 0.273. The van der Waals surface area contributed by atoms with Crippen molar-refractivity contribution in [1.82, 2.24) is 4.57 Å². The average molecular weight is 400 g/mol. The lowest BCUT2D eigenvalue weighted by Crippen LogP contribution is -2.16. The first-order chi connectivity index (χ1) is 13.3. The van der Waals surface area contributed by atoms with E-state index in [0.717, 1.165) is 10.9 Å². The van der Waals surface area contributed by atoms with Crippen molar-refractivity contribution in [2.75, 3.05) is 0 Å². The molecule has 0 fully saturated rings. The number of ether oxygens (including phenoxy) is 1. The van der Waals surface area contributed by atoms with Crippen LogP contribution in [0.5, 0.6) is 0 Å². The van der Waals surface area contributed by atoms with Gasteiger partial charge in [0.2, 0.25) is 0 Å². The van der Waals surface area contributed by atoms with Crippen LogP contribution >= 0.6 is 11.6 Å². The van der Waals surface area contributed by atoms with Crippen LogP contribution in [0.2, 0.25) is 5.02 Å². The van der Waals surface area contributed by atoms with E-state index in [9.17, 15) is 14.7 Å². The molecular formula is C22H22ClNO4. The molecule has 0 bridgehead atoms. The molecule has 0 aliphatic heterocycles. The first-order valence-electron chi connectivity index (χ1n) is 9.05. The molecular weight excluding hydrogens is 378 g/mol. The molecule has 0 aliphatic carbocycles. The first kappa shape index (κ1) is 20.1. The number of aliphatic hydroxyl groups excluding tert-OH is 1. The van der Waals surface area contributed by atoms with Crippen molar-refractivity contribution in [2.45, 2.75) is 39.9 Å². The zero-order valence-corrected chi connectivity index (χ0v) is 16.8. The summed E-state index contributed by atoms with van der Waals surface area (Å²) in [5.74, 6) is -0.565. The van der Waals surface area contributed by atoms with Crippen LogP contribution < -0.4 is 0 Å².